The molecule has 0 aliphatic carbocycles. The van der Waals surface area contributed by atoms with E-state index in [0.29, 0.717) is 6.61 Å². The number of hydrogen-bond donors (Lipinski definition) is 2. The Labute approximate surface area is 105 Å². The van der Waals surface area contributed by atoms with Gasteiger partial charge in [0.25, 0.3) is 0 Å². The highest BCUT2D eigenvalue weighted by Gasteiger charge is 2.37. The first-order valence-corrected chi connectivity index (χ1v) is 6.09. The van der Waals surface area contributed by atoms with E-state index in [1.54, 1.807) is 14.0 Å². The predicted molar refractivity (Wildman–Crippen MR) is 69.0 cm³/mol. The summed E-state index contributed by atoms with van der Waals surface area (Å²) in [6.07, 6.45) is 0.741. The van der Waals surface area contributed by atoms with Crippen molar-refractivity contribution in [2.75, 3.05) is 20.3 Å². The van der Waals surface area contributed by atoms with E-state index in [2.05, 4.69) is 19.2 Å². The van der Waals surface area contributed by atoms with Gasteiger partial charge in [0.1, 0.15) is 5.78 Å². The van der Waals surface area contributed by atoms with Gasteiger partial charge in [-0.1, -0.05) is 13.8 Å². The number of hydrogen-bond acceptors (Lipinski definition) is 4. The van der Waals surface area contributed by atoms with Crippen LogP contribution in [0.3, 0.4) is 0 Å². The Kier molecular flexibility index (Phi) is 6.30. The molecule has 17 heavy (non-hydrogen) atoms. The third-order valence-corrected chi connectivity index (χ3v) is 2.94. The van der Waals surface area contributed by atoms with E-state index in [0.717, 1.165) is 6.42 Å². The second-order valence-corrected chi connectivity index (χ2v) is 5.83. The number of rotatable bonds is 8. The van der Waals surface area contributed by atoms with Crippen LogP contribution in [-0.2, 0) is 9.53 Å². The second kappa shape index (κ2) is 6.47. The lowest BCUT2D eigenvalue weighted by molar-refractivity contribution is -0.123. The van der Waals surface area contributed by atoms with Gasteiger partial charge in [-0.15, -0.1) is 0 Å². The second-order valence-electron chi connectivity index (χ2n) is 5.83. The van der Waals surface area contributed by atoms with Crippen LogP contribution in [-0.4, -0.2) is 42.8 Å². The largest absolute Gasteiger partial charge is 0.394 e. The van der Waals surface area contributed by atoms with Crippen molar-refractivity contribution >= 4 is 5.78 Å². The molecule has 0 rings (SSSR count). The van der Waals surface area contributed by atoms with Crippen molar-refractivity contribution in [2.45, 2.75) is 52.7 Å². The van der Waals surface area contributed by atoms with Crippen LogP contribution < -0.4 is 5.32 Å². The van der Waals surface area contributed by atoms with E-state index in [4.69, 9.17) is 9.84 Å². The molecule has 0 aromatic heterocycles. The molecule has 0 heterocycles. The summed E-state index contributed by atoms with van der Waals surface area (Å²) in [6, 6.07) is -0.181. The fourth-order valence-corrected chi connectivity index (χ4v) is 2.72. The summed E-state index contributed by atoms with van der Waals surface area (Å²) >= 11 is 0. The van der Waals surface area contributed by atoms with E-state index in [1.807, 2.05) is 13.8 Å². The zero-order valence-corrected chi connectivity index (χ0v) is 12.0. The van der Waals surface area contributed by atoms with Crippen LogP contribution in [0.4, 0.5) is 0 Å². The SMILES string of the molecule is CNC(C(C)=O)C(C)(C)CC(C)(C)OCCO. The molecule has 0 bridgehead atoms. The number of aliphatic hydroxyl groups is 1. The number of ether oxygens (including phenoxy) is 1. The van der Waals surface area contributed by atoms with Crippen molar-refractivity contribution in [3.63, 3.8) is 0 Å². The van der Waals surface area contributed by atoms with Gasteiger partial charge >= 0.3 is 0 Å². The highest BCUT2D eigenvalue weighted by molar-refractivity contribution is 5.82. The molecule has 1 unspecified atom stereocenters. The first kappa shape index (κ1) is 16.6. The maximum atomic E-state index is 11.6. The Morgan fingerprint density at radius 3 is 2.24 bits per heavy atom. The van der Waals surface area contributed by atoms with Gasteiger partial charge in [0.15, 0.2) is 0 Å². The zero-order valence-electron chi connectivity index (χ0n) is 12.0. The molecular formula is C13H27NO3. The first-order valence-electron chi connectivity index (χ1n) is 6.09. The summed E-state index contributed by atoms with van der Waals surface area (Å²) in [5.74, 6) is 0.135. The first-order chi connectivity index (χ1) is 7.66. The molecule has 0 aromatic rings. The van der Waals surface area contributed by atoms with Crippen LogP contribution >= 0.6 is 0 Å². The van der Waals surface area contributed by atoms with Crippen molar-refractivity contribution in [1.82, 2.24) is 5.32 Å². The molecular weight excluding hydrogens is 218 g/mol. The zero-order chi connectivity index (χ0) is 13.7. The fourth-order valence-electron chi connectivity index (χ4n) is 2.72. The number of carbonyl (C=O) groups excluding carboxylic acids is 1. The van der Waals surface area contributed by atoms with E-state index < -0.39 is 0 Å². The third kappa shape index (κ3) is 5.61. The molecule has 0 aromatic carbocycles. The van der Waals surface area contributed by atoms with Crippen LogP contribution in [0.2, 0.25) is 0 Å². The average molecular weight is 245 g/mol. The number of nitrogens with one attached hydrogen (secondary N) is 1. The van der Waals surface area contributed by atoms with Gasteiger partial charge in [0.2, 0.25) is 0 Å². The molecule has 0 spiro atoms. The van der Waals surface area contributed by atoms with Crippen LogP contribution in [0, 0.1) is 5.41 Å². The molecule has 0 saturated heterocycles. The molecule has 102 valence electrons. The number of aliphatic hydroxyl groups excluding tert-OH is 1. The van der Waals surface area contributed by atoms with Gasteiger partial charge in [-0.2, -0.15) is 0 Å². The quantitative estimate of drug-likeness (QED) is 0.678. The molecule has 0 fully saturated rings. The topological polar surface area (TPSA) is 58.6 Å². The van der Waals surface area contributed by atoms with E-state index in [-0.39, 0.29) is 29.4 Å². The number of carbonyl (C=O) groups is 1. The Balaban J connectivity index is 4.65. The van der Waals surface area contributed by atoms with E-state index in [9.17, 15) is 4.79 Å². The molecule has 2 N–H and O–H groups in total. The van der Waals surface area contributed by atoms with E-state index in [1.165, 1.54) is 0 Å². The summed E-state index contributed by atoms with van der Waals surface area (Å²) in [4.78, 5) is 11.6. The minimum atomic E-state index is -0.350. The van der Waals surface area contributed by atoms with Crippen LogP contribution in [0.5, 0.6) is 0 Å². The lowest BCUT2D eigenvalue weighted by Gasteiger charge is -2.39. The Morgan fingerprint density at radius 2 is 1.88 bits per heavy atom. The average Bonchev–Trinajstić information content (AvgIpc) is 2.12. The number of Topliss-reactive ketones (excluding diaryl/α,β-unsaturated/α-hetero) is 1. The Hall–Kier alpha value is -0.450. The normalized spacial score (nSPS) is 14.8. The van der Waals surface area contributed by atoms with Gasteiger partial charge in [0, 0.05) is 0 Å². The molecule has 4 heteroatoms. The highest BCUT2D eigenvalue weighted by Crippen LogP contribution is 2.33. The van der Waals surface area contributed by atoms with Crippen molar-refractivity contribution in [3.8, 4) is 0 Å². The minimum Gasteiger partial charge on any atom is -0.394 e. The number of likely N-dealkylation sites (N-methyl/N-ethyl adjacent to an activating group) is 1. The summed E-state index contributed by atoms with van der Waals surface area (Å²) in [7, 11) is 1.80. The maximum absolute atomic E-state index is 11.6. The van der Waals surface area contributed by atoms with Crippen molar-refractivity contribution in [1.29, 1.82) is 0 Å². The molecule has 0 amide bonds. The van der Waals surface area contributed by atoms with Crippen molar-refractivity contribution < 1.29 is 14.6 Å². The van der Waals surface area contributed by atoms with Crippen LogP contribution in [0.15, 0.2) is 0 Å². The van der Waals surface area contributed by atoms with Gasteiger partial charge in [0.05, 0.1) is 24.9 Å². The monoisotopic (exact) mass is 245 g/mol. The van der Waals surface area contributed by atoms with Crippen LogP contribution in [0.25, 0.3) is 0 Å². The Morgan fingerprint density at radius 1 is 1.35 bits per heavy atom. The molecule has 1 atom stereocenters. The smallest absolute Gasteiger partial charge is 0.147 e. The lowest BCUT2D eigenvalue weighted by Crippen LogP contribution is -2.48. The van der Waals surface area contributed by atoms with Crippen molar-refractivity contribution in [2.24, 2.45) is 5.41 Å². The van der Waals surface area contributed by atoms with Gasteiger partial charge in [-0.05, 0) is 39.7 Å². The highest BCUT2D eigenvalue weighted by atomic mass is 16.5. The third-order valence-electron chi connectivity index (χ3n) is 2.94. The van der Waals surface area contributed by atoms with E-state index >= 15 is 0 Å². The number of ketones is 1. The maximum Gasteiger partial charge on any atom is 0.147 e. The standard InChI is InChI=1S/C13H27NO3/c1-10(16)11(14-6)12(2,3)9-13(4,5)17-8-7-15/h11,14-15H,7-9H2,1-6H3. The van der Waals surface area contributed by atoms with Crippen molar-refractivity contribution in [3.05, 3.63) is 0 Å². The summed E-state index contributed by atoms with van der Waals surface area (Å²) in [5.41, 5.74) is -0.545. The fraction of sp³-hybridized carbons (Fsp3) is 0.923. The molecule has 0 aliphatic rings. The molecule has 0 aliphatic heterocycles. The summed E-state index contributed by atoms with van der Waals surface area (Å²) in [6.45, 7) is 10.0. The summed E-state index contributed by atoms with van der Waals surface area (Å²) in [5, 5.41) is 11.8. The van der Waals surface area contributed by atoms with Gasteiger partial charge in [-0.25, -0.2) is 0 Å². The van der Waals surface area contributed by atoms with Crippen LogP contribution in [0.1, 0.15) is 41.0 Å². The summed E-state index contributed by atoms with van der Waals surface area (Å²) < 4.78 is 5.60. The minimum absolute atomic E-state index is 0.0199. The lowest BCUT2D eigenvalue weighted by atomic mass is 9.74. The molecule has 0 saturated carbocycles. The van der Waals surface area contributed by atoms with Gasteiger partial charge < -0.3 is 15.2 Å². The predicted octanol–water partition coefficient (Wildman–Crippen LogP) is 1.37. The Bertz CT molecular complexity index is 249. The van der Waals surface area contributed by atoms with Gasteiger partial charge in [-0.3, -0.25) is 4.79 Å². The molecule has 0 radical (unpaired) electrons. The molecule has 4 nitrogen and oxygen atoms in total.